The molecule has 2 rings (SSSR count). The monoisotopic (exact) mass is 247 g/mol. The molecule has 0 unspecified atom stereocenters. The van der Waals surface area contributed by atoms with Gasteiger partial charge in [0.2, 0.25) is 5.56 Å². The number of halogens is 1. The average Bonchev–Trinajstić information content (AvgIpc) is 2.07. The quantitative estimate of drug-likeness (QED) is 0.714. The largest absolute Gasteiger partial charge is 0.321 e. The van der Waals surface area contributed by atoms with Crippen LogP contribution in [0.1, 0.15) is 0 Å². The fraction of sp³-hybridized carbons (Fsp3) is 0. The summed E-state index contributed by atoms with van der Waals surface area (Å²) < 4.78 is 0.803. The van der Waals surface area contributed by atoms with Crippen LogP contribution in [-0.2, 0) is 0 Å². The van der Waals surface area contributed by atoms with E-state index in [0.29, 0.717) is 0 Å². The van der Waals surface area contributed by atoms with E-state index < -0.39 is 0 Å². The first kappa shape index (κ1) is 10.9. The van der Waals surface area contributed by atoms with Crippen molar-refractivity contribution in [1.29, 1.82) is 0 Å². The number of rotatable bonds is 0. The molecule has 0 fully saturated rings. The Morgan fingerprint density at radius 3 is 2.85 bits per heavy atom. The van der Waals surface area contributed by atoms with Crippen LogP contribution >= 0.6 is 15.9 Å². The van der Waals surface area contributed by atoms with E-state index in [1.165, 1.54) is 6.07 Å². The van der Waals surface area contributed by atoms with Crippen LogP contribution in [0.2, 0.25) is 0 Å². The number of aromatic nitrogens is 2. The van der Waals surface area contributed by atoms with Crippen LogP contribution in [0.4, 0.5) is 0 Å². The van der Waals surface area contributed by atoms with Crippen molar-refractivity contribution in [2.24, 2.45) is 0 Å². The summed E-state index contributed by atoms with van der Waals surface area (Å²) in [5.74, 6) is 0. The van der Waals surface area contributed by atoms with Gasteiger partial charge in [0, 0.05) is 53.4 Å². The summed E-state index contributed by atoms with van der Waals surface area (Å²) in [4.78, 5) is 17.6. The fourth-order valence-electron chi connectivity index (χ4n) is 1.04. The Balaban J connectivity index is 0.000000845. The topological polar surface area (TPSA) is 45.8 Å². The maximum Gasteiger partial charge on any atom is 0.248 e. The van der Waals surface area contributed by atoms with Crippen molar-refractivity contribution in [3.63, 3.8) is 0 Å². The normalized spacial score (nSPS) is 9.62. The Hall–Kier alpha value is -0.160. The second kappa shape index (κ2) is 4.37. The molecule has 3 nitrogen and oxygen atoms in total. The van der Waals surface area contributed by atoms with E-state index in [-0.39, 0.29) is 35.1 Å². The Kier molecular flexibility index (Phi) is 3.67. The molecule has 0 aromatic carbocycles. The van der Waals surface area contributed by atoms with Crippen molar-refractivity contribution in [2.45, 2.75) is 0 Å². The fourth-order valence-corrected chi connectivity index (χ4v) is 1.48. The third-order valence-corrected chi connectivity index (χ3v) is 2.19. The summed E-state index contributed by atoms with van der Waals surface area (Å²) >= 11 is 3.30. The number of nitrogens with zero attached hydrogens (tertiary/aromatic N) is 1. The van der Waals surface area contributed by atoms with Crippen molar-refractivity contribution >= 4 is 56.4 Å². The number of hydrogen-bond acceptors (Lipinski definition) is 2. The maximum absolute atomic E-state index is 10.9. The molecule has 5 heteroatoms. The van der Waals surface area contributed by atoms with Gasteiger partial charge in [-0.2, -0.15) is 0 Å². The van der Waals surface area contributed by atoms with Gasteiger partial charge >= 0.3 is 0 Å². The molecular formula is C8H5BrN2NaO. The standard InChI is InChI=1S/C8H5BrN2O.Na/c9-6-4-10-3-5-1-2-7(12)11-8(5)6;/h1-4H,(H,11,12);. The van der Waals surface area contributed by atoms with Crippen molar-refractivity contribution in [1.82, 2.24) is 9.97 Å². The van der Waals surface area contributed by atoms with Gasteiger partial charge in [0.15, 0.2) is 0 Å². The summed E-state index contributed by atoms with van der Waals surface area (Å²) in [6, 6.07) is 3.22. The van der Waals surface area contributed by atoms with E-state index in [1.807, 2.05) is 0 Å². The van der Waals surface area contributed by atoms with Crippen molar-refractivity contribution in [3.8, 4) is 0 Å². The molecule has 0 aliphatic heterocycles. The first-order chi connectivity index (χ1) is 5.77. The van der Waals surface area contributed by atoms with E-state index in [9.17, 15) is 4.79 Å². The molecule has 0 amide bonds. The molecule has 0 aliphatic carbocycles. The Morgan fingerprint density at radius 1 is 1.31 bits per heavy atom. The third-order valence-electron chi connectivity index (χ3n) is 1.59. The molecule has 0 saturated carbocycles. The number of aromatic amines is 1. The van der Waals surface area contributed by atoms with Crippen LogP contribution < -0.4 is 5.56 Å². The van der Waals surface area contributed by atoms with Gasteiger partial charge in [-0.25, -0.2) is 0 Å². The molecule has 1 N–H and O–H groups in total. The minimum absolute atomic E-state index is 0. The Morgan fingerprint density at radius 2 is 2.08 bits per heavy atom. The molecule has 0 atom stereocenters. The first-order valence-electron chi connectivity index (χ1n) is 3.40. The average molecular weight is 248 g/mol. The van der Waals surface area contributed by atoms with Crippen molar-refractivity contribution in [3.05, 3.63) is 39.4 Å². The number of H-pyrrole nitrogens is 1. The smallest absolute Gasteiger partial charge is 0.248 e. The minimum Gasteiger partial charge on any atom is -0.321 e. The van der Waals surface area contributed by atoms with E-state index in [1.54, 1.807) is 18.5 Å². The second-order valence-electron chi connectivity index (χ2n) is 2.41. The second-order valence-corrected chi connectivity index (χ2v) is 3.26. The van der Waals surface area contributed by atoms with E-state index in [4.69, 9.17) is 0 Å². The molecule has 61 valence electrons. The first-order valence-corrected chi connectivity index (χ1v) is 4.19. The number of fused-ring (bicyclic) bond motifs is 1. The molecule has 2 aromatic heterocycles. The molecule has 0 aliphatic rings. The molecule has 13 heavy (non-hydrogen) atoms. The van der Waals surface area contributed by atoms with Gasteiger partial charge in [0.1, 0.15) is 0 Å². The summed E-state index contributed by atoms with van der Waals surface area (Å²) in [5, 5.41) is 0.920. The van der Waals surface area contributed by atoms with Gasteiger partial charge in [0.25, 0.3) is 0 Å². The molecule has 2 heterocycles. The molecule has 0 bridgehead atoms. The zero-order valence-corrected chi connectivity index (χ0v) is 10.6. The van der Waals surface area contributed by atoms with E-state index in [0.717, 1.165) is 15.4 Å². The summed E-state index contributed by atoms with van der Waals surface area (Å²) in [5.41, 5.74) is 0.687. The third kappa shape index (κ3) is 2.20. The van der Waals surface area contributed by atoms with Gasteiger partial charge in [-0.3, -0.25) is 9.78 Å². The molecular weight excluding hydrogens is 243 g/mol. The van der Waals surface area contributed by atoms with Gasteiger partial charge in [-0.05, 0) is 22.0 Å². The van der Waals surface area contributed by atoms with Gasteiger partial charge in [-0.1, -0.05) is 0 Å². The van der Waals surface area contributed by atoms with Crippen LogP contribution in [0, 0.1) is 0 Å². The SMILES string of the molecule is O=c1ccc2cncc(Br)c2[nH]1.[Na]. The summed E-state index contributed by atoms with van der Waals surface area (Å²) in [6.45, 7) is 0. The van der Waals surface area contributed by atoms with Crippen molar-refractivity contribution in [2.75, 3.05) is 0 Å². The van der Waals surface area contributed by atoms with Crippen molar-refractivity contribution < 1.29 is 0 Å². The number of hydrogen-bond donors (Lipinski definition) is 1. The van der Waals surface area contributed by atoms with Crippen LogP contribution in [0.3, 0.4) is 0 Å². The Bertz CT molecular complexity index is 483. The molecule has 0 spiro atoms. The van der Waals surface area contributed by atoms with Gasteiger partial charge < -0.3 is 4.98 Å². The maximum atomic E-state index is 10.9. The Labute approximate surface area is 105 Å². The van der Waals surface area contributed by atoms with Crippen LogP contribution in [0.15, 0.2) is 33.8 Å². The summed E-state index contributed by atoms with van der Waals surface area (Å²) in [6.07, 6.45) is 3.36. The number of pyridine rings is 2. The predicted molar refractivity (Wildman–Crippen MR) is 55.8 cm³/mol. The molecule has 2 aromatic rings. The van der Waals surface area contributed by atoms with Crippen LogP contribution in [0.5, 0.6) is 0 Å². The molecule has 1 radical (unpaired) electrons. The number of nitrogens with one attached hydrogen (secondary N) is 1. The van der Waals surface area contributed by atoms with Crippen LogP contribution in [-0.4, -0.2) is 39.5 Å². The summed E-state index contributed by atoms with van der Waals surface area (Å²) in [7, 11) is 0. The van der Waals surface area contributed by atoms with Gasteiger partial charge in [0.05, 0.1) is 9.99 Å². The van der Waals surface area contributed by atoms with E-state index >= 15 is 0 Å². The molecule has 0 saturated heterocycles. The predicted octanol–water partition coefficient (Wildman–Crippen LogP) is 1.30. The minimum atomic E-state index is -0.102. The zero-order chi connectivity index (χ0) is 8.55. The zero-order valence-electron chi connectivity index (χ0n) is 7.04. The van der Waals surface area contributed by atoms with Crippen LogP contribution in [0.25, 0.3) is 10.9 Å². The van der Waals surface area contributed by atoms with Gasteiger partial charge in [-0.15, -0.1) is 0 Å². The van der Waals surface area contributed by atoms with E-state index in [2.05, 4.69) is 25.9 Å².